The molecule has 2 heterocycles. The number of carbonyl (C=O) groups excluding carboxylic acids is 1. The monoisotopic (exact) mass is 467 g/mol. The van der Waals surface area contributed by atoms with Gasteiger partial charge < -0.3 is 5.32 Å². The minimum absolute atomic E-state index is 0.147. The average Bonchev–Trinajstić information content (AvgIpc) is 3.26. The molecule has 8 heteroatoms. The molecule has 0 saturated carbocycles. The van der Waals surface area contributed by atoms with Crippen molar-refractivity contribution < 1.29 is 4.79 Å². The zero-order valence-electron chi connectivity index (χ0n) is 17.7. The van der Waals surface area contributed by atoms with Crippen LogP contribution >= 0.6 is 22.9 Å². The van der Waals surface area contributed by atoms with Crippen LogP contribution in [0.15, 0.2) is 63.5 Å². The number of thiophene rings is 1. The van der Waals surface area contributed by atoms with E-state index in [4.69, 9.17) is 11.6 Å². The molecule has 0 bridgehead atoms. The molecule has 4 rings (SSSR count). The normalized spacial score (nSPS) is 11.1. The maximum Gasteiger partial charge on any atom is 0.332 e. The van der Waals surface area contributed by atoms with Crippen LogP contribution < -0.4 is 16.6 Å². The lowest BCUT2D eigenvalue weighted by Crippen LogP contribution is -2.42. The second-order valence-corrected chi connectivity index (χ2v) is 9.01. The van der Waals surface area contributed by atoms with Crippen LogP contribution in [0.5, 0.6) is 0 Å². The molecule has 0 aliphatic heterocycles. The van der Waals surface area contributed by atoms with Crippen molar-refractivity contribution in [3.63, 3.8) is 0 Å². The summed E-state index contributed by atoms with van der Waals surface area (Å²) in [7, 11) is 0. The number of hydrogen-bond donors (Lipinski definition) is 1. The van der Waals surface area contributed by atoms with E-state index in [1.54, 1.807) is 17.5 Å². The molecular formula is C24H22ClN3O3S. The van der Waals surface area contributed by atoms with Crippen molar-refractivity contribution in [3.8, 4) is 0 Å². The zero-order valence-corrected chi connectivity index (χ0v) is 19.3. The van der Waals surface area contributed by atoms with Gasteiger partial charge in [0.15, 0.2) is 0 Å². The molecule has 0 aliphatic rings. The summed E-state index contributed by atoms with van der Waals surface area (Å²) in [5, 5.41) is 5.12. The first-order valence-electron chi connectivity index (χ1n) is 10.1. The van der Waals surface area contributed by atoms with E-state index in [-0.39, 0.29) is 31.1 Å². The molecule has 0 unspecified atom stereocenters. The Morgan fingerprint density at radius 3 is 2.56 bits per heavy atom. The van der Waals surface area contributed by atoms with Gasteiger partial charge in [-0.1, -0.05) is 48.0 Å². The molecule has 0 atom stereocenters. The van der Waals surface area contributed by atoms with E-state index >= 15 is 0 Å². The summed E-state index contributed by atoms with van der Waals surface area (Å²) in [5.41, 5.74) is 3.50. The van der Waals surface area contributed by atoms with Gasteiger partial charge in [0, 0.05) is 11.6 Å². The molecule has 1 amide bonds. The third-order valence-corrected chi connectivity index (χ3v) is 6.74. The van der Waals surface area contributed by atoms with Gasteiger partial charge in [0.1, 0.15) is 11.2 Å². The van der Waals surface area contributed by atoms with Gasteiger partial charge in [0.05, 0.1) is 12.1 Å². The van der Waals surface area contributed by atoms with E-state index in [1.165, 1.54) is 20.5 Å². The van der Waals surface area contributed by atoms with Gasteiger partial charge in [-0.15, -0.1) is 11.3 Å². The highest BCUT2D eigenvalue weighted by molar-refractivity contribution is 7.17. The number of nitrogens with one attached hydrogen (secondary N) is 1. The lowest BCUT2D eigenvalue weighted by atomic mass is 10.1. The zero-order chi connectivity index (χ0) is 22.8. The van der Waals surface area contributed by atoms with Crippen molar-refractivity contribution >= 4 is 39.1 Å². The molecule has 0 aliphatic carbocycles. The van der Waals surface area contributed by atoms with Gasteiger partial charge in [-0.25, -0.2) is 4.79 Å². The summed E-state index contributed by atoms with van der Waals surface area (Å²) < 4.78 is 3.01. The van der Waals surface area contributed by atoms with E-state index < -0.39 is 5.69 Å². The van der Waals surface area contributed by atoms with Crippen LogP contribution in [-0.2, 0) is 24.4 Å². The van der Waals surface area contributed by atoms with E-state index in [9.17, 15) is 14.4 Å². The maximum atomic E-state index is 13.3. The molecule has 1 N–H and O–H groups in total. The SMILES string of the molecule is Cc1ccc(Cn2c(=O)c3sccc3n(CC(=O)NCc3ccccc3Cl)c2=O)cc1C. The Hall–Kier alpha value is -3.16. The quantitative estimate of drug-likeness (QED) is 0.468. The Bertz CT molecular complexity index is 1430. The fourth-order valence-electron chi connectivity index (χ4n) is 3.55. The Balaban J connectivity index is 1.65. The molecular weight excluding hydrogens is 446 g/mol. The smallest absolute Gasteiger partial charge is 0.332 e. The first kappa shape index (κ1) is 22.0. The summed E-state index contributed by atoms with van der Waals surface area (Å²) in [6.07, 6.45) is 0. The van der Waals surface area contributed by atoms with Crippen molar-refractivity contribution in [2.45, 2.75) is 33.5 Å². The van der Waals surface area contributed by atoms with E-state index in [0.29, 0.717) is 15.2 Å². The van der Waals surface area contributed by atoms with Crippen LogP contribution in [0, 0.1) is 13.8 Å². The second kappa shape index (κ2) is 9.14. The minimum Gasteiger partial charge on any atom is -0.350 e. The molecule has 164 valence electrons. The summed E-state index contributed by atoms with van der Waals surface area (Å²) in [6, 6.07) is 14.8. The number of nitrogens with zero attached hydrogens (tertiary/aromatic N) is 2. The maximum absolute atomic E-state index is 13.3. The third-order valence-electron chi connectivity index (χ3n) is 5.48. The highest BCUT2D eigenvalue weighted by atomic mass is 35.5. The van der Waals surface area contributed by atoms with Gasteiger partial charge in [0.2, 0.25) is 5.91 Å². The molecule has 0 spiro atoms. The van der Waals surface area contributed by atoms with Crippen molar-refractivity contribution in [3.05, 3.63) is 102 Å². The van der Waals surface area contributed by atoms with Gasteiger partial charge in [0.25, 0.3) is 5.56 Å². The number of fused-ring (bicyclic) bond motifs is 1. The standard InChI is InChI=1S/C24H22ClN3O3S/c1-15-7-8-17(11-16(15)2)13-28-23(30)22-20(9-10-32-22)27(24(28)31)14-21(29)26-12-18-5-3-4-6-19(18)25/h3-11H,12-14H2,1-2H3,(H,26,29). The van der Waals surface area contributed by atoms with Gasteiger partial charge in [-0.2, -0.15) is 0 Å². The van der Waals surface area contributed by atoms with Crippen molar-refractivity contribution in [1.82, 2.24) is 14.5 Å². The van der Waals surface area contributed by atoms with Gasteiger partial charge >= 0.3 is 5.69 Å². The number of amides is 1. The number of aryl methyl sites for hydroxylation is 2. The second-order valence-electron chi connectivity index (χ2n) is 7.68. The summed E-state index contributed by atoms with van der Waals surface area (Å²) in [5.74, 6) is -0.337. The lowest BCUT2D eigenvalue weighted by molar-refractivity contribution is -0.121. The number of aromatic nitrogens is 2. The topological polar surface area (TPSA) is 73.1 Å². The molecule has 4 aromatic rings. The van der Waals surface area contributed by atoms with Crippen LogP contribution in [-0.4, -0.2) is 15.0 Å². The molecule has 0 radical (unpaired) electrons. The number of benzene rings is 2. The summed E-state index contributed by atoms with van der Waals surface area (Å²) >= 11 is 7.41. The van der Waals surface area contributed by atoms with Crippen LogP contribution in [0.3, 0.4) is 0 Å². The largest absolute Gasteiger partial charge is 0.350 e. The number of carbonyl (C=O) groups is 1. The van der Waals surface area contributed by atoms with E-state index in [0.717, 1.165) is 22.3 Å². The predicted octanol–water partition coefficient (Wildman–Crippen LogP) is 3.86. The third kappa shape index (κ3) is 4.40. The summed E-state index contributed by atoms with van der Waals surface area (Å²) in [4.78, 5) is 38.9. The van der Waals surface area contributed by atoms with Gasteiger partial charge in [-0.05, 0) is 53.6 Å². The number of halogens is 1. The fraction of sp³-hybridized carbons (Fsp3) is 0.208. The van der Waals surface area contributed by atoms with Crippen LogP contribution in [0.1, 0.15) is 22.3 Å². The first-order valence-corrected chi connectivity index (χ1v) is 11.4. The van der Waals surface area contributed by atoms with Crippen molar-refractivity contribution in [2.24, 2.45) is 0 Å². The van der Waals surface area contributed by atoms with E-state index in [2.05, 4.69) is 5.32 Å². The van der Waals surface area contributed by atoms with E-state index in [1.807, 2.05) is 50.2 Å². The Kier molecular flexibility index (Phi) is 6.30. The number of rotatable bonds is 6. The fourth-order valence-corrected chi connectivity index (χ4v) is 4.59. The van der Waals surface area contributed by atoms with Crippen molar-refractivity contribution in [2.75, 3.05) is 0 Å². The average molecular weight is 468 g/mol. The predicted molar refractivity (Wildman–Crippen MR) is 129 cm³/mol. The highest BCUT2D eigenvalue weighted by Crippen LogP contribution is 2.17. The van der Waals surface area contributed by atoms with Crippen LogP contribution in [0.4, 0.5) is 0 Å². The molecule has 32 heavy (non-hydrogen) atoms. The molecule has 0 fully saturated rings. The Morgan fingerprint density at radius 2 is 1.81 bits per heavy atom. The molecule has 2 aromatic heterocycles. The lowest BCUT2D eigenvalue weighted by Gasteiger charge is -2.13. The van der Waals surface area contributed by atoms with Crippen LogP contribution in [0.25, 0.3) is 10.2 Å². The van der Waals surface area contributed by atoms with Crippen LogP contribution in [0.2, 0.25) is 5.02 Å². The number of hydrogen-bond acceptors (Lipinski definition) is 4. The Morgan fingerprint density at radius 1 is 1.03 bits per heavy atom. The Labute approximate surface area is 193 Å². The highest BCUT2D eigenvalue weighted by Gasteiger charge is 2.17. The van der Waals surface area contributed by atoms with Gasteiger partial charge in [-0.3, -0.25) is 18.7 Å². The first-order chi connectivity index (χ1) is 15.3. The van der Waals surface area contributed by atoms with Crippen molar-refractivity contribution in [1.29, 1.82) is 0 Å². The molecule has 6 nitrogen and oxygen atoms in total. The minimum atomic E-state index is -0.507. The summed E-state index contributed by atoms with van der Waals surface area (Å²) in [6.45, 7) is 4.21. The molecule has 2 aromatic carbocycles. The molecule has 0 saturated heterocycles.